The molecule has 0 spiro atoms. The van der Waals surface area contributed by atoms with Gasteiger partial charge in [-0.2, -0.15) is 0 Å². The van der Waals surface area contributed by atoms with Gasteiger partial charge in [-0.05, 0) is 45.0 Å². The number of rotatable bonds is 4. The summed E-state index contributed by atoms with van der Waals surface area (Å²) in [6.45, 7) is 8.23. The second kappa shape index (κ2) is 5.76. The van der Waals surface area contributed by atoms with Gasteiger partial charge in [0.2, 0.25) is 0 Å². The van der Waals surface area contributed by atoms with Gasteiger partial charge in [0.1, 0.15) is 0 Å². The molecule has 0 aliphatic carbocycles. The number of benzene rings is 1. The highest BCUT2D eigenvalue weighted by Crippen LogP contribution is 2.27. The number of fused-ring (bicyclic) bond motifs is 1. The minimum absolute atomic E-state index is 0.141. The summed E-state index contributed by atoms with van der Waals surface area (Å²) < 4.78 is 0. The Hall–Kier alpha value is -1.32. The van der Waals surface area contributed by atoms with Crippen LogP contribution in [-0.2, 0) is 0 Å². The molecule has 0 aliphatic rings. The molecule has 0 amide bonds. The van der Waals surface area contributed by atoms with Crippen LogP contribution in [-0.4, -0.2) is 23.6 Å². The van der Waals surface area contributed by atoms with Crippen LogP contribution in [0.3, 0.4) is 0 Å². The predicted molar refractivity (Wildman–Crippen MR) is 83.0 cm³/mol. The molecule has 1 aromatic carbocycles. The molecule has 0 fully saturated rings. The van der Waals surface area contributed by atoms with Crippen LogP contribution >= 0.6 is 11.6 Å². The smallest absolute Gasteiger partial charge is 0.0948 e. The molecule has 2 N–H and O–H groups in total. The standard InChI is InChI=1S/C15H20ClN3/c1-15(2,3)19-10-9-17-13-7-6-12(16)11-5-4-8-18-14(11)13/h4-8,17,19H,9-10H2,1-3H3. The molecule has 3 nitrogen and oxygen atoms in total. The van der Waals surface area contributed by atoms with Crippen molar-refractivity contribution in [3.63, 3.8) is 0 Å². The lowest BCUT2D eigenvalue weighted by Crippen LogP contribution is -2.38. The normalized spacial score (nSPS) is 11.8. The number of nitrogens with zero attached hydrogens (tertiary/aromatic N) is 1. The van der Waals surface area contributed by atoms with Gasteiger partial charge in [-0.15, -0.1) is 0 Å². The average Bonchev–Trinajstić information content (AvgIpc) is 2.36. The fraction of sp³-hybridized carbons (Fsp3) is 0.400. The van der Waals surface area contributed by atoms with Crippen LogP contribution in [0.4, 0.5) is 5.69 Å². The second-order valence-electron chi connectivity index (χ2n) is 5.60. The van der Waals surface area contributed by atoms with Crippen LogP contribution in [0.15, 0.2) is 30.5 Å². The lowest BCUT2D eigenvalue weighted by molar-refractivity contribution is 0.435. The van der Waals surface area contributed by atoms with Crippen molar-refractivity contribution in [3.05, 3.63) is 35.5 Å². The Morgan fingerprint density at radius 3 is 2.68 bits per heavy atom. The van der Waals surface area contributed by atoms with Crippen LogP contribution in [0, 0.1) is 0 Å². The van der Waals surface area contributed by atoms with E-state index in [1.807, 2.05) is 24.3 Å². The number of hydrogen-bond donors (Lipinski definition) is 2. The Balaban J connectivity index is 2.07. The quantitative estimate of drug-likeness (QED) is 0.837. The van der Waals surface area contributed by atoms with Crippen molar-refractivity contribution in [3.8, 4) is 0 Å². The molecule has 0 bridgehead atoms. The highest BCUT2D eigenvalue weighted by molar-refractivity contribution is 6.35. The SMILES string of the molecule is CC(C)(C)NCCNc1ccc(Cl)c2cccnc12. The summed E-state index contributed by atoms with van der Waals surface area (Å²) in [5.74, 6) is 0. The number of hydrogen-bond acceptors (Lipinski definition) is 3. The molecule has 2 aromatic rings. The number of pyridine rings is 1. The van der Waals surface area contributed by atoms with E-state index < -0.39 is 0 Å². The first-order chi connectivity index (χ1) is 8.97. The van der Waals surface area contributed by atoms with Crippen LogP contribution in [0.25, 0.3) is 10.9 Å². The Morgan fingerprint density at radius 1 is 1.16 bits per heavy atom. The van der Waals surface area contributed by atoms with E-state index in [4.69, 9.17) is 11.6 Å². The molecular weight excluding hydrogens is 258 g/mol. The zero-order chi connectivity index (χ0) is 13.9. The summed E-state index contributed by atoms with van der Waals surface area (Å²) in [5.41, 5.74) is 2.09. The van der Waals surface area contributed by atoms with Gasteiger partial charge in [0.15, 0.2) is 0 Å². The lowest BCUT2D eigenvalue weighted by Gasteiger charge is -2.21. The van der Waals surface area contributed by atoms with Gasteiger partial charge >= 0.3 is 0 Å². The second-order valence-corrected chi connectivity index (χ2v) is 6.01. The summed E-state index contributed by atoms with van der Waals surface area (Å²) in [5, 5.41) is 8.57. The van der Waals surface area contributed by atoms with E-state index in [9.17, 15) is 0 Å². The molecular formula is C15H20ClN3. The minimum Gasteiger partial charge on any atom is -0.382 e. The third-order valence-corrected chi connectivity index (χ3v) is 3.14. The third-order valence-electron chi connectivity index (χ3n) is 2.81. The molecule has 0 unspecified atom stereocenters. The highest BCUT2D eigenvalue weighted by atomic mass is 35.5. The summed E-state index contributed by atoms with van der Waals surface area (Å²) >= 11 is 6.17. The molecule has 1 heterocycles. The van der Waals surface area contributed by atoms with Crippen molar-refractivity contribution < 1.29 is 0 Å². The molecule has 0 saturated carbocycles. The summed E-state index contributed by atoms with van der Waals surface area (Å²) in [4.78, 5) is 4.40. The Bertz CT molecular complexity index is 561. The first-order valence-corrected chi connectivity index (χ1v) is 6.87. The van der Waals surface area contributed by atoms with Crippen LogP contribution in [0.5, 0.6) is 0 Å². The van der Waals surface area contributed by atoms with Gasteiger partial charge in [0, 0.05) is 30.2 Å². The van der Waals surface area contributed by atoms with E-state index >= 15 is 0 Å². The van der Waals surface area contributed by atoms with E-state index in [-0.39, 0.29) is 5.54 Å². The maximum atomic E-state index is 6.17. The number of halogens is 1. The van der Waals surface area contributed by atoms with Gasteiger partial charge in [-0.1, -0.05) is 11.6 Å². The van der Waals surface area contributed by atoms with Crippen molar-refractivity contribution in [2.45, 2.75) is 26.3 Å². The minimum atomic E-state index is 0.141. The zero-order valence-electron chi connectivity index (χ0n) is 11.6. The summed E-state index contributed by atoms with van der Waals surface area (Å²) in [7, 11) is 0. The summed E-state index contributed by atoms with van der Waals surface area (Å²) in [6, 6.07) is 7.78. The number of anilines is 1. The van der Waals surface area contributed by atoms with Gasteiger partial charge in [-0.3, -0.25) is 4.98 Å². The van der Waals surface area contributed by atoms with Crippen LogP contribution in [0.2, 0.25) is 5.02 Å². The Morgan fingerprint density at radius 2 is 1.95 bits per heavy atom. The molecule has 2 rings (SSSR count). The van der Waals surface area contributed by atoms with E-state index in [1.165, 1.54) is 0 Å². The number of nitrogens with one attached hydrogen (secondary N) is 2. The topological polar surface area (TPSA) is 37.0 Å². The van der Waals surface area contributed by atoms with Crippen molar-refractivity contribution in [1.82, 2.24) is 10.3 Å². The molecule has 0 saturated heterocycles. The molecule has 4 heteroatoms. The largest absolute Gasteiger partial charge is 0.382 e. The van der Waals surface area contributed by atoms with Crippen LogP contribution < -0.4 is 10.6 Å². The highest BCUT2D eigenvalue weighted by Gasteiger charge is 2.08. The van der Waals surface area contributed by atoms with E-state index in [0.717, 1.165) is 34.7 Å². The Kier molecular flexibility index (Phi) is 4.27. The molecule has 1 aromatic heterocycles. The van der Waals surface area contributed by atoms with E-state index in [0.29, 0.717) is 0 Å². The Labute approximate surface area is 119 Å². The van der Waals surface area contributed by atoms with Crippen molar-refractivity contribution in [2.75, 3.05) is 18.4 Å². The molecule has 0 aliphatic heterocycles. The fourth-order valence-electron chi connectivity index (χ4n) is 1.92. The fourth-order valence-corrected chi connectivity index (χ4v) is 2.13. The predicted octanol–water partition coefficient (Wildman–Crippen LogP) is 3.69. The van der Waals surface area contributed by atoms with Crippen molar-refractivity contribution in [2.24, 2.45) is 0 Å². The monoisotopic (exact) mass is 277 g/mol. The molecule has 102 valence electrons. The van der Waals surface area contributed by atoms with Crippen molar-refractivity contribution in [1.29, 1.82) is 0 Å². The third kappa shape index (κ3) is 3.82. The first-order valence-electron chi connectivity index (χ1n) is 6.49. The lowest BCUT2D eigenvalue weighted by atomic mass is 10.1. The number of aromatic nitrogens is 1. The maximum Gasteiger partial charge on any atom is 0.0948 e. The van der Waals surface area contributed by atoms with Crippen LogP contribution in [0.1, 0.15) is 20.8 Å². The summed E-state index contributed by atoms with van der Waals surface area (Å²) in [6.07, 6.45) is 1.79. The average molecular weight is 278 g/mol. The van der Waals surface area contributed by atoms with Gasteiger partial charge < -0.3 is 10.6 Å². The van der Waals surface area contributed by atoms with Gasteiger partial charge in [-0.25, -0.2) is 0 Å². The molecule has 19 heavy (non-hydrogen) atoms. The first kappa shape index (κ1) is 14.1. The van der Waals surface area contributed by atoms with Gasteiger partial charge in [0.05, 0.1) is 16.2 Å². The van der Waals surface area contributed by atoms with E-state index in [1.54, 1.807) is 6.20 Å². The zero-order valence-corrected chi connectivity index (χ0v) is 12.4. The molecule has 0 atom stereocenters. The molecule has 0 radical (unpaired) electrons. The van der Waals surface area contributed by atoms with Crippen molar-refractivity contribution >= 4 is 28.2 Å². The maximum absolute atomic E-state index is 6.17. The van der Waals surface area contributed by atoms with E-state index in [2.05, 4.69) is 36.4 Å². The van der Waals surface area contributed by atoms with Gasteiger partial charge in [0.25, 0.3) is 0 Å².